The van der Waals surface area contributed by atoms with Crippen molar-refractivity contribution in [2.24, 2.45) is 11.3 Å². The molecular weight excluding hydrogens is 190 g/mol. The van der Waals surface area contributed by atoms with Crippen LogP contribution in [-0.2, 0) is 0 Å². The Labute approximate surface area is 92.4 Å². The average Bonchev–Trinajstić information content (AvgIpc) is 2.73. The van der Waals surface area contributed by atoms with Gasteiger partial charge in [0.2, 0.25) is 0 Å². The molecule has 2 rings (SSSR count). The van der Waals surface area contributed by atoms with E-state index >= 15 is 0 Å². The Balaban J connectivity index is 1.70. The maximum atomic E-state index is 3.77. The highest BCUT2D eigenvalue weighted by Gasteiger charge is 2.45. The van der Waals surface area contributed by atoms with Gasteiger partial charge in [0.05, 0.1) is 0 Å². The van der Waals surface area contributed by atoms with E-state index in [9.17, 15) is 0 Å². The topological polar surface area (TPSA) is 12.0 Å². The molecule has 14 heavy (non-hydrogen) atoms. The van der Waals surface area contributed by atoms with Crippen LogP contribution in [-0.4, -0.2) is 23.6 Å². The van der Waals surface area contributed by atoms with Crippen LogP contribution in [0.1, 0.15) is 40.0 Å². The number of hydrogen-bond acceptors (Lipinski definition) is 2. The smallest absolute Gasteiger partial charge is 0.0184 e. The van der Waals surface area contributed by atoms with Crippen molar-refractivity contribution in [3.05, 3.63) is 0 Å². The summed E-state index contributed by atoms with van der Waals surface area (Å²) < 4.78 is 0. The summed E-state index contributed by atoms with van der Waals surface area (Å²) in [5.41, 5.74) is 0.637. The maximum Gasteiger partial charge on any atom is 0.0184 e. The van der Waals surface area contributed by atoms with Crippen LogP contribution in [0.5, 0.6) is 0 Å². The minimum atomic E-state index is 0.637. The molecule has 2 fully saturated rings. The Morgan fingerprint density at radius 1 is 1.43 bits per heavy atom. The van der Waals surface area contributed by atoms with E-state index in [0.717, 1.165) is 17.2 Å². The molecule has 2 aliphatic rings. The summed E-state index contributed by atoms with van der Waals surface area (Å²) in [6, 6.07) is 0.783. The molecule has 0 amide bonds. The Morgan fingerprint density at radius 3 is 2.71 bits per heavy atom. The summed E-state index contributed by atoms with van der Waals surface area (Å²) in [4.78, 5) is 0. The van der Waals surface area contributed by atoms with Crippen molar-refractivity contribution in [3.8, 4) is 0 Å². The molecule has 1 heterocycles. The molecule has 1 saturated carbocycles. The van der Waals surface area contributed by atoms with Gasteiger partial charge in [-0.25, -0.2) is 0 Å². The van der Waals surface area contributed by atoms with Gasteiger partial charge in [0.1, 0.15) is 0 Å². The number of thioether (sulfide) groups is 1. The van der Waals surface area contributed by atoms with Gasteiger partial charge in [-0.15, -0.1) is 0 Å². The maximum absolute atomic E-state index is 3.77. The molecule has 0 spiro atoms. The molecule has 1 aliphatic heterocycles. The summed E-state index contributed by atoms with van der Waals surface area (Å²) >= 11 is 2.14. The molecule has 0 aromatic heterocycles. The van der Waals surface area contributed by atoms with E-state index in [1.807, 2.05) is 0 Å². The van der Waals surface area contributed by atoms with Crippen molar-refractivity contribution >= 4 is 11.8 Å². The van der Waals surface area contributed by atoms with Crippen molar-refractivity contribution in [3.63, 3.8) is 0 Å². The van der Waals surface area contributed by atoms with Crippen LogP contribution in [0, 0.1) is 11.3 Å². The zero-order chi connectivity index (χ0) is 10.2. The number of nitrogens with one attached hydrogen (secondary N) is 1. The molecule has 0 radical (unpaired) electrons. The zero-order valence-electron chi connectivity index (χ0n) is 9.68. The van der Waals surface area contributed by atoms with Crippen molar-refractivity contribution in [1.82, 2.24) is 5.32 Å². The van der Waals surface area contributed by atoms with Gasteiger partial charge in [-0.05, 0) is 42.9 Å². The largest absolute Gasteiger partial charge is 0.313 e. The van der Waals surface area contributed by atoms with Crippen LogP contribution >= 0.6 is 11.8 Å². The minimum Gasteiger partial charge on any atom is -0.313 e. The van der Waals surface area contributed by atoms with Crippen molar-refractivity contribution in [2.75, 3.05) is 12.3 Å². The lowest BCUT2D eigenvalue weighted by molar-refractivity contribution is 0.429. The van der Waals surface area contributed by atoms with Gasteiger partial charge in [-0.3, -0.25) is 0 Å². The highest BCUT2D eigenvalue weighted by Crippen LogP contribution is 2.51. The lowest BCUT2D eigenvalue weighted by Crippen LogP contribution is -2.40. The van der Waals surface area contributed by atoms with Gasteiger partial charge in [-0.2, -0.15) is 11.8 Å². The van der Waals surface area contributed by atoms with Crippen molar-refractivity contribution < 1.29 is 0 Å². The van der Waals surface area contributed by atoms with Gasteiger partial charge in [0.15, 0.2) is 0 Å². The third-order valence-corrected chi connectivity index (χ3v) is 5.33. The number of rotatable bonds is 3. The van der Waals surface area contributed by atoms with Gasteiger partial charge in [0, 0.05) is 11.3 Å². The van der Waals surface area contributed by atoms with Gasteiger partial charge in [0.25, 0.3) is 0 Å². The van der Waals surface area contributed by atoms with Crippen LogP contribution < -0.4 is 5.32 Å². The molecule has 1 saturated heterocycles. The van der Waals surface area contributed by atoms with Crippen LogP contribution in [0.2, 0.25) is 0 Å². The summed E-state index contributed by atoms with van der Waals surface area (Å²) in [6.45, 7) is 8.40. The second-order valence-corrected chi connectivity index (χ2v) is 7.11. The van der Waals surface area contributed by atoms with Crippen LogP contribution in [0.15, 0.2) is 0 Å². The molecule has 0 bridgehead atoms. The summed E-state index contributed by atoms with van der Waals surface area (Å²) in [7, 11) is 0. The summed E-state index contributed by atoms with van der Waals surface area (Å²) in [5, 5.41) is 4.59. The molecule has 0 aromatic carbocycles. The van der Waals surface area contributed by atoms with Crippen molar-refractivity contribution in [1.29, 1.82) is 0 Å². The summed E-state index contributed by atoms with van der Waals surface area (Å²) in [6.07, 6.45) is 4.22. The quantitative estimate of drug-likeness (QED) is 0.773. The molecule has 2 heteroatoms. The van der Waals surface area contributed by atoms with Crippen LogP contribution in [0.4, 0.5) is 0 Å². The molecule has 0 aromatic rings. The van der Waals surface area contributed by atoms with E-state index in [4.69, 9.17) is 0 Å². The average molecular weight is 213 g/mol. The summed E-state index contributed by atoms with van der Waals surface area (Å²) in [5.74, 6) is 2.32. The molecule has 1 N–H and O–H groups in total. The predicted octanol–water partition coefficient (Wildman–Crippen LogP) is 2.91. The molecule has 3 unspecified atom stereocenters. The monoisotopic (exact) mass is 213 g/mol. The first-order chi connectivity index (χ1) is 6.59. The highest BCUT2D eigenvalue weighted by atomic mass is 32.2. The highest BCUT2D eigenvalue weighted by molar-refractivity contribution is 7.99. The Morgan fingerprint density at radius 2 is 2.14 bits per heavy atom. The minimum absolute atomic E-state index is 0.637. The number of hydrogen-bond donors (Lipinski definition) is 1. The molecule has 3 atom stereocenters. The first-order valence-corrected chi connectivity index (χ1v) is 6.99. The SMILES string of the molecule is CC1SCCCC1NCC1CC1(C)C. The third-order valence-electron chi connectivity index (χ3n) is 3.95. The second-order valence-electron chi connectivity index (χ2n) is 5.62. The first kappa shape index (κ1) is 10.8. The molecule has 1 aliphatic carbocycles. The lowest BCUT2D eigenvalue weighted by atomic mass is 10.1. The fourth-order valence-corrected chi connectivity index (χ4v) is 3.58. The third kappa shape index (κ3) is 2.46. The van der Waals surface area contributed by atoms with E-state index in [-0.39, 0.29) is 0 Å². The molecule has 82 valence electrons. The van der Waals surface area contributed by atoms with Gasteiger partial charge >= 0.3 is 0 Å². The normalized spacial score (nSPS) is 40.9. The van der Waals surface area contributed by atoms with E-state index in [1.54, 1.807) is 0 Å². The Bertz CT molecular complexity index is 202. The van der Waals surface area contributed by atoms with Crippen molar-refractivity contribution in [2.45, 2.75) is 51.3 Å². The first-order valence-electron chi connectivity index (χ1n) is 5.94. The standard InChI is InChI=1S/C12H23NS/c1-9-11(5-4-6-14-9)13-8-10-7-12(10,2)3/h9-11,13H,4-8H2,1-3H3. The zero-order valence-corrected chi connectivity index (χ0v) is 10.5. The Kier molecular flexibility index (Phi) is 3.13. The van der Waals surface area contributed by atoms with Gasteiger partial charge < -0.3 is 5.32 Å². The lowest BCUT2D eigenvalue weighted by Gasteiger charge is -2.29. The van der Waals surface area contributed by atoms with Gasteiger partial charge in [-0.1, -0.05) is 20.8 Å². The molecule has 1 nitrogen and oxygen atoms in total. The second kappa shape index (κ2) is 4.05. The fourth-order valence-electron chi connectivity index (χ4n) is 2.41. The van der Waals surface area contributed by atoms with E-state index in [1.165, 1.54) is 31.6 Å². The van der Waals surface area contributed by atoms with E-state index in [2.05, 4.69) is 37.8 Å². The Hall–Kier alpha value is 0.310. The van der Waals surface area contributed by atoms with Crippen LogP contribution in [0.25, 0.3) is 0 Å². The predicted molar refractivity (Wildman–Crippen MR) is 64.8 cm³/mol. The van der Waals surface area contributed by atoms with Crippen LogP contribution in [0.3, 0.4) is 0 Å². The van der Waals surface area contributed by atoms with E-state index in [0.29, 0.717) is 5.41 Å². The molecular formula is C12H23NS. The van der Waals surface area contributed by atoms with E-state index < -0.39 is 0 Å². The fraction of sp³-hybridized carbons (Fsp3) is 1.00.